The van der Waals surface area contributed by atoms with Gasteiger partial charge in [0.15, 0.2) is 17.2 Å². The van der Waals surface area contributed by atoms with E-state index in [-0.39, 0.29) is 30.0 Å². The number of likely N-dealkylation sites (tertiary alicyclic amines) is 1. The third-order valence-electron chi connectivity index (χ3n) is 12.7. The van der Waals surface area contributed by atoms with Crippen LogP contribution in [0.25, 0.3) is 16.7 Å². The molecular formula is C41H47N11O4. The van der Waals surface area contributed by atoms with E-state index in [1.165, 1.54) is 21.4 Å². The van der Waals surface area contributed by atoms with E-state index >= 15 is 0 Å². The number of nitrogens with zero attached hydrogens (tertiary/aromatic N) is 8. The molecule has 1 aliphatic carbocycles. The van der Waals surface area contributed by atoms with Crippen molar-refractivity contribution in [3.8, 4) is 0 Å². The second kappa shape index (κ2) is 13.5. The minimum atomic E-state index is -0.681. The van der Waals surface area contributed by atoms with Gasteiger partial charge in [0.2, 0.25) is 11.8 Å². The number of piperidine rings is 2. The number of amides is 3. The molecule has 1 atom stereocenters. The Balaban J connectivity index is 0.780. The SMILES string of the molecule is CNc1cc(N2CCc3c(C4CCN(CC5CN(c6ccc7c(c6)n(C)c(=O)n7C6CCC(=O)NC6=O)C5)CC4)cccc32)nn2c(C(=O)NC3CC3)cnc12. The van der Waals surface area contributed by atoms with Crippen LogP contribution in [0, 0.1) is 5.92 Å². The highest BCUT2D eigenvalue weighted by molar-refractivity contribution is 6.00. The first-order valence-corrected chi connectivity index (χ1v) is 20.0. The Morgan fingerprint density at radius 1 is 0.946 bits per heavy atom. The van der Waals surface area contributed by atoms with E-state index in [0.29, 0.717) is 35.1 Å². The van der Waals surface area contributed by atoms with Gasteiger partial charge in [-0.25, -0.2) is 14.3 Å². The molecule has 2 aromatic carbocycles. The van der Waals surface area contributed by atoms with Crippen molar-refractivity contribution in [3.05, 3.63) is 76.0 Å². The smallest absolute Gasteiger partial charge is 0.329 e. The highest BCUT2D eigenvalue weighted by atomic mass is 16.2. The number of imidazole rings is 2. The van der Waals surface area contributed by atoms with Gasteiger partial charge in [-0.05, 0) is 92.9 Å². The van der Waals surface area contributed by atoms with Crippen LogP contribution in [-0.2, 0) is 23.1 Å². The zero-order valence-corrected chi connectivity index (χ0v) is 31.8. The van der Waals surface area contributed by atoms with E-state index in [1.54, 1.807) is 22.3 Å². The summed E-state index contributed by atoms with van der Waals surface area (Å²) >= 11 is 0. The standard InChI is InChI=1S/C41H47N11O4/c1-42-30-19-36(46-52-35(20-43-38(30)52)40(55)44-26-6-7-26)50-17-14-29-28(4-3-5-31(29)50)25-12-15-48(16-13-25)21-24-22-49(23-24)27-8-9-32-34(18-27)47(2)41(56)51(32)33-10-11-37(53)45-39(33)54/h3-5,8-9,18-20,24-26,33,42H,6-7,10-17,21-23H2,1-2H3,(H,44,55)(H,45,53,54). The summed E-state index contributed by atoms with van der Waals surface area (Å²) < 4.78 is 4.83. The van der Waals surface area contributed by atoms with Crippen molar-refractivity contribution in [1.29, 1.82) is 0 Å². The van der Waals surface area contributed by atoms with E-state index in [1.807, 2.05) is 25.2 Å². The molecule has 10 rings (SSSR count). The molecule has 4 aliphatic heterocycles. The Hall–Kier alpha value is -5.70. The third kappa shape index (κ3) is 5.90. The normalized spacial score (nSPS) is 20.8. The summed E-state index contributed by atoms with van der Waals surface area (Å²) in [6, 6.07) is 14.4. The zero-order chi connectivity index (χ0) is 38.2. The van der Waals surface area contributed by atoms with Gasteiger partial charge < -0.3 is 25.3 Å². The number of carbonyl (C=O) groups excluding carboxylic acids is 3. The molecule has 5 aromatic rings. The number of carbonyl (C=O) groups is 3. The molecule has 15 nitrogen and oxygen atoms in total. The van der Waals surface area contributed by atoms with E-state index in [4.69, 9.17) is 5.10 Å². The molecular weight excluding hydrogens is 711 g/mol. The Kier molecular flexibility index (Phi) is 8.38. The summed E-state index contributed by atoms with van der Waals surface area (Å²) in [5, 5.41) is 13.7. The number of hydrogen-bond acceptors (Lipinski definition) is 10. The number of fused-ring (bicyclic) bond motifs is 3. The molecule has 3 aromatic heterocycles. The van der Waals surface area contributed by atoms with E-state index in [9.17, 15) is 19.2 Å². The lowest BCUT2D eigenvalue weighted by molar-refractivity contribution is -0.135. The second-order valence-electron chi connectivity index (χ2n) is 16.2. The Morgan fingerprint density at radius 3 is 2.54 bits per heavy atom. The van der Waals surface area contributed by atoms with E-state index in [0.717, 1.165) is 94.1 Å². The van der Waals surface area contributed by atoms with Crippen LogP contribution in [0.1, 0.15) is 72.1 Å². The van der Waals surface area contributed by atoms with Gasteiger partial charge in [0, 0.05) is 76.1 Å². The van der Waals surface area contributed by atoms with Crippen molar-refractivity contribution in [1.82, 2.24) is 39.3 Å². The fourth-order valence-electron chi connectivity index (χ4n) is 9.46. The van der Waals surface area contributed by atoms with Gasteiger partial charge in [0.05, 0.1) is 22.9 Å². The molecule has 4 fully saturated rings. The number of nitrogens with one attached hydrogen (secondary N) is 3. The minimum Gasteiger partial charge on any atom is -0.385 e. The van der Waals surface area contributed by atoms with Crippen LogP contribution in [0.5, 0.6) is 0 Å². The number of imide groups is 1. The molecule has 0 radical (unpaired) electrons. The average Bonchev–Trinajstić information content (AvgIpc) is 3.62. The summed E-state index contributed by atoms with van der Waals surface area (Å²) in [6.07, 6.45) is 7.43. The Labute approximate surface area is 323 Å². The van der Waals surface area contributed by atoms with Crippen LogP contribution in [0.4, 0.5) is 22.9 Å². The summed E-state index contributed by atoms with van der Waals surface area (Å²) in [4.78, 5) is 62.4. The fraction of sp³-hybridized carbons (Fsp3) is 0.463. The van der Waals surface area contributed by atoms with Crippen LogP contribution in [-0.4, -0.2) is 98.7 Å². The molecule has 3 amide bonds. The van der Waals surface area contributed by atoms with E-state index in [2.05, 4.69) is 59.9 Å². The average molecular weight is 758 g/mol. The van der Waals surface area contributed by atoms with Gasteiger partial charge in [0.25, 0.3) is 5.91 Å². The fourth-order valence-corrected chi connectivity index (χ4v) is 9.46. The van der Waals surface area contributed by atoms with Crippen LogP contribution in [0.2, 0.25) is 0 Å². The van der Waals surface area contributed by atoms with Crippen LogP contribution in [0.3, 0.4) is 0 Å². The minimum absolute atomic E-state index is 0.135. The summed E-state index contributed by atoms with van der Waals surface area (Å²) in [5.41, 5.74) is 8.33. The van der Waals surface area contributed by atoms with Gasteiger partial charge in [0.1, 0.15) is 6.04 Å². The first-order valence-electron chi connectivity index (χ1n) is 20.0. The zero-order valence-electron chi connectivity index (χ0n) is 31.8. The highest BCUT2D eigenvalue weighted by Gasteiger charge is 2.35. The molecule has 290 valence electrons. The largest absolute Gasteiger partial charge is 0.385 e. The number of benzene rings is 2. The second-order valence-corrected chi connectivity index (χ2v) is 16.2. The number of aryl methyl sites for hydroxylation is 1. The van der Waals surface area contributed by atoms with Crippen LogP contribution in [0.15, 0.2) is 53.5 Å². The molecule has 3 saturated heterocycles. The number of aromatic nitrogens is 5. The Morgan fingerprint density at radius 2 is 1.77 bits per heavy atom. The topological polar surface area (TPSA) is 154 Å². The number of rotatable bonds is 9. The summed E-state index contributed by atoms with van der Waals surface area (Å²) in [7, 11) is 3.62. The highest BCUT2D eigenvalue weighted by Crippen LogP contribution is 2.42. The maximum absolute atomic E-state index is 13.2. The molecule has 3 N–H and O–H groups in total. The van der Waals surface area contributed by atoms with Crippen molar-refractivity contribution in [3.63, 3.8) is 0 Å². The van der Waals surface area contributed by atoms with Crippen LogP contribution < -0.4 is 31.4 Å². The van der Waals surface area contributed by atoms with Crippen LogP contribution >= 0.6 is 0 Å². The molecule has 7 heterocycles. The maximum atomic E-state index is 13.2. The van der Waals surface area contributed by atoms with Gasteiger partial charge in [-0.3, -0.25) is 28.8 Å². The summed E-state index contributed by atoms with van der Waals surface area (Å²) in [6.45, 7) is 6.00. The van der Waals surface area contributed by atoms with Gasteiger partial charge in [-0.15, -0.1) is 5.10 Å². The first-order chi connectivity index (χ1) is 27.2. The predicted molar refractivity (Wildman–Crippen MR) is 213 cm³/mol. The summed E-state index contributed by atoms with van der Waals surface area (Å²) in [5.74, 6) is 1.05. The molecule has 56 heavy (non-hydrogen) atoms. The molecule has 0 spiro atoms. The Bertz CT molecular complexity index is 2470. The third-order valence-corrected chi connectivity index (χ3v) is 12.7. The van der Waals surface area contributed by atoms with E-state index < -0.39 is 11.9 Å². The van der Waals surface area contributed by atoms with Crippen molar-refractivity contribution in [2.75, 3.05) is 61.4 Å². The lowest BCUT2D eigenvalue weighted by Gasteiger charge is -2.44. The molecule has 0 bridgehead atoms. The molecule has 1 unspecified atom stereocenters. The van der Waals surface area contributed by atoms with Crippen molar-refractivity contribution < 1.29 is 14.4 Å². The number of hydrogen-bond donors (Lipinski definition) is 3. The quantitative estimate of drug-likeness (QED) is 0.191. The van der Waals surface area contributed by atoms with Crippen molar-refractivity contribution in [2.24, 2.45) is 13.0 Å². The maximum Gasteiger partial charge on any atom is 0.329 e. The lowest BCUT2D eigenvalue weighted by atomic mass is 9.85. The van der Waals surface area contributed by atoms with Gasteiger partial charge >= 0.3 is 5.69 Å². The number of anilines is 4. The lowest BCUT2D eigenvalue weighted by Crippen LogP contribution is -2.52. The first kappa shape index (κ1) is 34.8. The van der Waals surface area contributed by atoms with Gasteiger partial charge in [-0.2, -0.15) is 0 Å². The molecule has 5 aliphatic rings. The predicted octanol–water partition coefficient (Wildman–Crippen LogP) is 3.30. The monoisotopic (exact) mass is 757 g/mol. The van der Waals surface area contributed by atoms with Gasteiger partial charge in [-0.1, -0.05) is 12.1 Å². The van der Waals surface area contributed by atoms with Crippen molar-refractivity contribution >= 4 is 57.3 Å². The van der Waals surface area contributed by atoms with Crippen molar-refractivity contribution in [2.45, 2.75) is 62.9 Å². The molecule has 15 heteroatoms. The molecule has 1 saturated carbocycles.